The first-order valence-corrected chi connectivity index (χ1v) is 7.87. The second-order valence-corrected chi connectivity index (χ2v) is 6.31. The molecule has 0 bridgehead atoms. The molecule has 2 aromatic rings. The van der Waals surface area contributed by atoms with E-state index in [2.05, 4.69) is 5.32 Å². The number of carbonyl (C=O) groups is 1. The lowest BCUT2D eigenvalue weighted by molar-refractivity contribution is -0.115. The molecule has 0 radical (unpaired) electrons. The van der Waals surface area contributed by atoms with Gasteiger partial charge in [0.25, 0.3) is 0 Å². The summed E-state index contributed by atoms with van der Waals surface area (Å²) in [5.41, 5.74) is 0.208. The number of amides is 1. The third-order valence-corrected chi connectivity index (χ3v) is 4.23. The molecule has 0 aromatic heterocycles. The molecule has 2 N–H and O–H groups in total. The Morgan fingerprint density at radius 2 is 1.50 bits per heavy atom. The molecule has 5 nitrogen and oxygen atoms in total. The van der Waals surface area contributed by atoms with Crippen molar-refractivity contribution in [2.45, 2.75) is 4.90 Å². The van der Waals surface area contributed by atoms with Crippen LogP contribution in [0.4, 0.5) is 23.2 Å². The van der Waals surface area contributed by atoms with E-state index < -0.39 is 50.6 Å². The van der Waals surface area contributed by atoms with Crippen LogP contribution >= 0.6 is 0 Å². The minimum Gasteiger partial charge on any atom is -0.325 e. The summed E-state index contributed by atoms with van der Waals surface area (Å²) >= 11 is 0. The fourth-order valence-corrected chi connectivity index (χ4v) is 2.74. The Morgan fingerprint density at radius 3 is 2.12 bits per heavy atom. The molecule has 0 saturated heterocycles. The molecule has 0 spiro atoms. The molecule has 24 heavy (non-hydrogen) atoms. The molecule has 10 heteroatoms. The van der Waals surface area contributed by atoms with E-state index in [4.69, 9.17) is 0 Å². The van der Waals surface area contributed by atoms with Crippen LogP contribution in [0.15, 0.2) is 41.3 Å². The molecule has 0 saturated carbocycles. The van der Waals surface area contributed by atoms with E-state index in [0.717, 1.165) is 12.1 Å². The summed E-state index contributed by atoms with van der Waals surface area (Å²) in [6, 6.07) is 4.91. The molecule has 0 fully saturated rings. The van der Waals surface area contributed by atoms with Gasteiger partial charge in [-0.2, -0.15) is 0 Å². The lowest BCUT2D eigenvalue weighted by Gasteiger charge is -2.09. The van der Waals surface area contributed by atoms with Gasteiger partial charge in [-0.3, -0.25) is 4.79 Å². The van der Waals surface area contributed by atoms with Crippen molar-refractivity contribution in [1.82, 2.24) is 4.72 Å². The monoisotopic (exact) mass is 362 g/mol. The van der Waals surface area contributed by atoms with Crippen molar-refractivity contribution < 1.29 is 30.8 Å². The van der Waals surface area contributed by atoms with Crippen LogP contribution in [0.25, 0.3) is 0 Å². The summed E-state index contributed by atoms with van der Waals surface area (Å²) in [6.45, 7) is -0.794. The van der Waals surface area contributed by atoms with Gasteiger partial charge in [0.05, 0.1) is 6.54 Å². The lowest BCUT2D eigenvalue weighted by atomic mass is 10.3. The zero-order valence-electron chi connectivity index (χ0n) is 11.8. The van der Waals surface area contributed by atoms with Crippen LogP contribution in [0.2, 0.25) is 0 Å². The Kier molecular flexibility index (Phi) is 5.20. The highest BCUT2D eigenvalue weighted by Gasteiger charge is 2.22. The molecular formula is C14H10F4N2O3S. The average Bonchev–Trinajstić information content (AvgIpc) is 2.51. The second kappa shape index (κ2) is 6.97. The molecule has 128 valence electrons. The molecule has 2 rings (SSSR count). The highest BCUT2D eigenvalue weighted by Crippen LogP contribution is 2.18. The van der Waals surface area contributed by atoms with Crippen LogP contribution in [0.5, 0.6) is 0 Å². The molecule has 0 atom stereocenters. The van der Waals surface area contributed by atoms with Gasteiger partial charge in [0.2, 0.25) is 15.9 Å². The van der Waals surface area contributed by atoms with Gasteiger partial charge in [-0.15, -0.1) is 0 Å². The quantitative estimate of drug-likeness (QED) is 0.632. The zero-order valence-corrected chi connectivity index (χ0v) is 12.6. The summed E-state index contributed by atoms with van der Waals surface area (Å²) in [5.74, 6) is -5.94. The van der Waals surface area contributed by atoms with E-state index in [1.807, 2.05) is 0 Å². The largest absolute Gasteiger partial charge is 0.325 e. The van der Waals surface area contributed by atoms with E-state index in [9.17, 15) is 30.8 Å². The van der Waals surface area contributed by atoms with Crippen molar-refractivity contribution in [3.63, 3.8) is 0 Å². The van der Waals surface area contributed by atoms with Gasteiger partial charge in [-0.1, -0.05) is 0 Å². The third-order valence-electron chi connectivity index (χ3n) is 2.82. The number of halogens is 4. The maximum Gasteiger partial charge on any atom is 0.244 e. The van der Waals surface area contributed by atoms with Crippen molar-refractivity contribution in [3.05, 3.63) is 59.7 Å². The number of benzene rings is 2. The lowest BCUT2D eigenvalue weighted by Crippen LogP contribution is -2.33. The topological polar surface area (TPSA) is 75.3 Å². The van der Waals surface area contributed by atoms with Crippen molar-refractivity contribution in [1.29, 1.82) is 0 Å². The Balaban J connectivity index is 2.06. The Hall–Kier alpha value is -2.46. The van der Waals surface area contributed by atoms with Crippen LogP contribution in [0, 0.1) is 23.3 Å². The normalized spacial score (nSPS) is 11.3. The number of hydrogen-bond acceptors (Lipinski definition) is 3. The van der Waals surface area contributed by atoms with Gasteiger partial charge in [0.15, 0.2) is 11.6 Å². The molecule has 0 heterocycles. The molecule has 1 amide bonds. The predicted molar refractivity (Wildman–Crippen MR) is 76.5 cm³/mol. The van der Waals surface area contributed by atoms with E-state index in [-0.39, 0.29) is 17.8 Å². The standard InChI is InChI=1S/C14H10F4N2O3S/c15-8-1-3-9(4-2-8)20-14(21)7-19-24(22,23)13-6-11(17)10(16)5-12(13)18/h1-6,19H,7H2,(H,20,21). The van der Waals surface area contributed by atoms with Gasteiger partial charge < -0.3 is 5.32 Å². The van der Waals surface area contributed by atoms with Crippen LogP contribution in [0.1, 0.15) is 0 Å². The van der Waals surface area contributed by atoms with Gasteiger partial charge in [0, 0.05) is 11.8 Å². The van der Waals surface area contributed by atoms with Crippen LogP contribution in [-0.4, -0.2) is 20.9 Å². The molecule has 0 aliphatic carbocycles. The average molecular weight is 362 g/mol. The van der Waals surface area contributed by atoms with Crippen LogP contribution in [0.3, 0.4) is 0 Å². The van der Waals surface area contributed by atoms with E-state index in [0.29, 0.717) is 0 Å². The van der Waals surface area contributed by atoms with Crippen LogP contribution < -0.4 is 10.0 Å². The first kappa shape index (κ1) is 17.9. The fourth-order valence-electron chi connectivity index (χ4n) is 1.69. The van der Waals surface area contributed by atoms with Crippen molar-refractivity contribution in [2.75, 3.05) is 11.9 Å². The van der Waals surface area contributed by atoms with Crippen molar-refractivity contribution >= 4 is 21.6 Å². The van der Waals surface area contributed by atoms with E-state index >= 15 is 0 Å². The summed E-state index contributed by atoms with van der Waals surface area (Å²) < 4.78 is 77.5. The number of anilines is 1. The fraction of sp³-hybridized carbons (Fsp3) is 0.0714. The minimum absolute atomic E-state index is 0.0858. The molecule has 2 aromatic carbocycles. The van der Waals surface area contributed by atoms with Crippen molar-refractivity contribution in [3.8, 4) is 0 Å². The summed E-state index contributed by atoms with van der Waals surface area (Å²) in [7, 11) is -4.58. The molecule has 0 unspecified atom stereocenters. The number of rotatable bonds is 5. The Morgan fingerprint density at radius 1 is 0.917 bits per heavy atom. The van der Waals surface area contributed by atoms with Gasteiger partial charge in [-0.25, -0.2) is 30.7 Å². The number of carbonyl (C=O) groups excluding carboxylic acids is 1. The first-order valence-electron chi connectivity index (χ1n) is 6.38. The third kappa shape index (κ3) is 4.30. The number of sulfonamides is 1. The van der Waals surface area contributed by atoms with Gasteiger partial charge >= 0.3 is 0 Å². The zero-order chi connectivity index (χ0) is 17.9. The molecule has 0 aliphatic rings. The summed E-state index contributed by atoms with van der Waals surface area (Å²) in [5, 5.41) is 2.27. The van der Waals surface area contributed by atoms with Crippen molar-refractivity contribution in [2.24, 2.45) is 0 Å². The maximum atomic E-state index is 13.5. The maximum absolute atomic E-state index is 13.5. The predicted octanol–water partition coefficient (Wildman–Crippen LogP) is 2.16. The highest BCUT2D eigenvalue weighted by molar-refractivity contribution is 7.89. The van der Waals surface area contributed by atoms with Gasteiger partial charge in [0.1, 0.15) is 16.5 Å². The first-order chi connectivity index (χ1) is 11.2. The Bertz CT molecular complexity index is 870. The number of nitrogens with one attached hydrogen (secondary N) is 2. The van der Waals surface area contributed by atoms with E-state index in [1.54, 1.807) is 4.72 Å². The second-order valence-electron chi connectivity index (χ2n) is 4.58. The van der Waals surface area contributed by atoms with Gasteiger partial charge in [-0.05, 0) is 30.3 Å². The Labute approximate surface area is 134 Å². The summed E-state index contributed by atoms with van der Waals surface area (Å²) in [6.07, 6.45) is 0. The smallest absolute Gasteiger partial charge is 0.244 e. The van der Waals surface area contributed by atoms with Crippen LogP contribution in [-0.2, 0) is 14.8 Å². The highest BCUT2D eigenvalue weighted by atomic mass is 32.2. The molecule has 0 aliphatic heterocycles. The number of hydrogen-bond donors (Lipinski definition) is 2. The molecular weight excluding hydrogens is 352 g/mol. The van der Waals surface area contributed by atoms with E-state index in [1.165, 1.54) is 12.1 Å². The summed E-state index contributed by atoms with van der Waals surface area (Å²) in [4.78, 5) is 10.5. The minimum atomic E-state index is -4.58. The SMILES string of the molecule is O=C(CNS(=O)(=O)c1cc(F)c(F)cc1F)Nc1ccc(F)cc1.